The van der Waals surface area contributed by atoms with Crippen molar-refractivity contribution in [2.24, 2.45) is 5.41 Å². The third-order valence-electron chi connectivity index (χ3n) is 6.89. The van der Waals surface area contributed by atoms with E-state index in [-0.39, 0.29) is 17.8 Å². The molecule has 1 fully saturated rings. The number of ether oxygens (including phenoxy) is 4. The van der Waals surface area contributed by atoms with Gasteiger partial charge < -0.3 is 24.3 Å². The molecular formula is C30H33NO6. The molecule has 7 heteroatoms. The largest absolute Gasteiger partial charge is 0.493 e. The van der Waals surface area contributed by atoms with Crippen molar-refractivity contribution in [2.45, 2.75) is 25.7 Å². The third kappa shape index (κ3) is 5.71. The summed E-state index contributed by atoms with van der Waals surface area (Å²) in [5.41, 5.74) is 4.14. The van der Waals surface area contributed by atoms with Crippen LogP contribution in [0.4, 0.5) is 4.79 Å². The number of carbonyl (C=O) groups excluding carboxylic acids is 2. The number of rotatable bonds is 12. The minimum Gasteiger partial charge on any atom is -0.493 e. The molecule has 2 aliphatic rings. The quantitative estimate of drug-likeness (QED) is 0.375. The number of fused-ring (bicyclic) bond motifs is 1. The zero-order valence-corrected chi connectivity index (χ0v) is 21.4. The van der Waals surface area contributed by atoms with Crippen LogP contribution in [0.3, 0.4) is 0 Å². The second-order valence-corrected chi connectivity index (χ2v) is 9.33. The zero-order valence-electron chi connectivity index (χ0n) is 21.4. The number of nitrogens with one attached hydrogen (secondary N) is 1. The van der Waals surface area contributed by atoms with Crippen molar-refractivity contribution in [1.82, 2.24) is 5.32 Å². The molecule has 0 heterocycles. The van der Waals surface area contributed by atoms with Gasteiger partial charge in [-0.15, -0.1) is 0 Å². The van der Waals surface area contributed by atoms with E-state index in [0.717, 1.165) is 40.7 Å². The Hall–Kier alpha value is -4.00. The molecule has 1 saturated carbocycles. The van der Waals surface area contributed by atoms with Crippen LogP contribution in [0, 0.1) is 5.41 Å². The molecule has 0 atom stereocenters. The summed E-state index contributed by atoms with van der Waals surface area (Å²) in [6, 6.07) is 9.56. The molecule has 194 valence electrons. The highest BCUT2D eigenvalue weighted by Gasteiger charge is 2.45. The van der Waals surface area contributed by atoms with E-state index in [1.165, 1.54) is 0 Å². The highest BCUT2D eigenvalue weighted by Crippen LogP contribution is 2.50. The lowest BCUT2D eigenvalue weighted by atomic mass is 9.95. The van der Waals surface area contributed by atoms with Crippen molar-refractivity contribution in [3.8, 4) is 28.4 Å². The Morgan fingerprint density at radius 1 is 1.00 bits per heavy atom. The number of benzene rings is 2. The van der Waals surface area contributed by atoms with Crippen molar-refractivity contribution < 1.29 is 28.5 Å². The first-order valence-corrected chi connectivity index (χ1v) is 12.3. The number of carbonyl (C=O) groups is 2. The predicted octanol–water partition coefficient (Wildman–Crippen LogP) is 5.68. The van der Waals surface area contributed by atoms with E-state index in [4.69, 9.17) is 18.9 Å². The Balaban J connectivity index is 1.51. The lowest BCUT2D eigenvalue weighted by Gasteiger charge is -2.22. The van der Waals surface area contributed by atoms with Gasteiger partial charge in [-0.3, -0.25) is 4.79 Å². The average molecular weight is 504 g/mol. The summed E-state index contributed by atoms with van der Waals surface area (Å²) in [6.45, 7) is 8.27. The molecular weight excluding hydrogens is 470 g/mol. The first kappa shape index (κ1) is 26.1. The summed E-state index contributed by atoms with van der Waals surface area (Å²) in [4.78, 5) is 24.6. The summed E-state index contributed by atoms with van der Waals surface area (Å²) in [6.07, 6.45) is 7.55. The molecule has 0 spiro atoms. The molecule has 1 N–H and O–H groups in total. The molecule has 0 unspecified atom stereocenters. The number of allylic oxidation sites excluding steroid dienone is 2. The van der Waals surface area contributed by atoms with Gasteiger partial charge in [0.25, 0.3) is 0 Å². The van der Waals surface area contributed by atoms with E-state index in [1.807, 2.05) is 30.3 Å². The van der Waals surface area contributed by atoms with Gasteiger partial charge in [0.2, 0.25) is 5.75 Å². The molecule has 0 aliphatic heterocycles. The summed E-state index contributed by atoms with van der Waals surface area (Å²) in [5.74, 6) is 1.75. The number of hydrogen-bond donors (Lipinski definition) is 1. The van der Waals surface area contributed by atoms with Crippen LogP contribution in [0.25, 0.3) is 11.1 Å². The van der Waals surface area contributed by atoms with Gasteiger partial charge in [-0.1, -0.05) is 49.6 Å². The predicted molar refractivity (Wildman–Crippen MR) is 143 cm³/mol. The fourth-order valence-electron chi connectivity index (χ4n) is 4.52. The molecule has 0 saturated heterocycles. The Labute approximate surface area is 217 Å². The van der Waals surface area contributed by atoms with Crippen LogP contribution in [0.1, 0.15) is 35.2 Å². The molecule has 0 radical (unpaired) electrons. The van der Waals surface area contributed by atoms with E-state index >= 15 is 0 Å². The summed E-state index contributed by atoms with van der Waals surface area (Å²) in [5, 5.41) is 2.73. The fourth-order valence-corrected chi connectivity index (χ4v) is 4.52. The summed E-state index contributed by atoms with van der Waals surface area (Å²) >= 11 is 0. The van der Waals surface area contributed by atoms with E-state index in [2.05, 4.69) is 18.5 Å². The second kappa shape index (κ2) is 11.4. The molecule has 37 heavy (non-hydrogen) atoms. The number of hydrogen-bond acceptors (Lipinski definition) is 6. The Bertz CT molecular complexity index is 1240. The second-order valence-electron chi connectivity index (χ2n) is 9.33. The minimum atomic E-state index is -0.493. The van der Waals surface area contributed by atoms with Gasteiger partial charge in [-0.2, -0.15) is 0 Å². The Morgan fingerprint density at radius 2 is 1.78 bits per heavy atom. The number of amides is 1. The molecule has 2 aliphatic carbocycles. The lowest BCUT2D eigenvalue weighted by molar-refractivity contribution is 0.0986. The monoisotopic (exact) mass is 503 g/mol. The maximum absolute atomic E-state index is 12.3. The van der Waals surface area contributed by atoms with Crippen LogP contribution < -0.4 is 19.5 Å². The number of methoxy groups -OCH3 is 2. The summed E-state index contributed by atoms with van der Waals surface area (Å²) < 4.78 is 23.2. The van der Waals surface area contributed by atoms with Crippen LogP contribution in [-0.4, -0.2) is 45.9 Å². The fraction of sp³-hybridized carbons (Fsp3) is 0.333. The van der Waals surface area contributed by atoms with E-state index in [1.54, 1.807) is 32.4 Å². The van der Waals surface area contributed by atoms with Crippen molar-refractivity contribution in [3.63, 3.8) is 0 Å². The zero-order chi connectivity index (χ0) is 26.4. The van der Waals surface area contributed by atoms with Crippen molar-refractivity contribution in [1.29, 1.82) is 0 Å². The number of alkyl carbamates (subject to hydrolysis) is 1. The number of ketones is 1. The molecule has 4 rings (SSSR count). The van der Waals surface area contributed by atoms with Gasteiger partial charge in [0, 0.05) is 29.5 Å². The van der Waals surface area contributed by atoms with E-state index in [9.17, 15) is 9.59 Å². The molecule has 0 bridgehead atoms. The normalized spacial score (nSPS) is 15.4. The van der Waals surface area contributed by atoms with Crippen molar-refractivity contribution in [3.05, 3.63) is 78.4 Å². The van der Waals surface area contributed by atoms with E-state index in [0.29, 0.717) is 43.2 Å². The smallest absolute Gasteiger partial charge is 0.407 e. The van der Waals surface area contributed by atoms with Crippen LogP contribution in [0.5, 0.6) is 17.2 Å². The van der Waals surface area contributed by atoms with Crippen molar-refractivity contribution in [2.75, 3.05) is 34.0 Å². The highest BCUT2D eigenvalue weighted by molar-refractivity contribution is 6.02. The van der Waals surface area contributed by atoms with Gasteiger partial charge in [0.05, 0.1) is 20.8 Å². The maximum atomic E-state index is 12.3. The average Bonchev–Trinajstić information content (AvgIpc) is 3.60. The molecule has 1 amide bonds. The lowest BCUT2D eigenvalue weighted by Crippen LogP contribution is -2.30. The van der Waals surface area contributed by atoms with Gasteiger partial charge in [-0.05, 0) is 48.1 Å². The van der Waals surface area contributed by atoms with Crippen LogP contribution in [-0.2, 0) is 11.2 Å². The summed E-state index contributed by atoms with van der Waals surface area (Å²) in [7, 11) is 3.16. The Morgan fingerprint density at radius 3 is 2.46 bits per heavy atom. The highest BCUT2D eigenvalue weighted by atomic mass is 16.6. The van der Waals surface area contributed by atoms with Crippen LogP contribution in [0.2, 0.25) is 0 Å². The van der Waals surface area contributed by atoms with Crippen LogP contribution in [0.15, 0.2) is 67.3 Å². The first-order valence-electron chi connectivity index (χ1n) is 12.3. The Kier molecular flexibility index (Phi) is 8.01. The molecule has 0 aromatic heterocycles. The minimum absolute atomic E-state index is 0.160. The number of Topliss-reactive ketones (excluding diaryl/α,β-unsaturated/α-hetero) is 1. The topological polar surface area (TPSA) is 83.1 Å². The molecule has 7 nitrogen and oxygen atoms in total. The van der Waals surface area contributed by atoms with E-state index < -0.39 is 6.09 Å². The van der Waals surface area contributed by atoms with Gasteiger partial charge in [-0.25, -0.2) is 4.79 Å². The van der Waals surface area contributed by atoms with Crippen LogP contribution >= 0.6 is 0 Å². The standard InChI is InChI=1S/C30H33NO6/c1-5-8-20(6-2)17-31-29(33)37-19-30(15-16-30)18-36-27-24(12-14-26(34-3)28(27)35-4)21-9-7-10-23-22(21)11-13-25(23)32/h5-10,12,14H,1-2,11,13,15-19H2,3-4H3,(H,31,33)/b20-8+. The molecule has 2 aromatic carbocycles. The van der Waals surface area contributed by atoms with Gasteiger partial charge in [0.1, 0.15) is 6.61 Å². The van der Waals surface area contributed by atoms with Crippen molar-refractivity contribution >= 4 is 11.9 Å². The molecule has 2 aromatic rings. The van der Waals surface area contributed by atoms with Gasteiger partial charge in [0.15, 0.2) is 17.3 Å². The maximum Gasteiger partial charge on any atom is 0.407 e. The SMILES string of the molecule is C=C/C=C(\C=C)CNC(=O)OCC1(COc2c(-c3cccc4c3CCC4=O)ccc(OC)c2OC)CC1. The van der Waals surface area contributed by atoms with Gasteiger partial charge >= 0.3 is 6.09 Å². The first-order chi connectivity index (χ1) is 17.9. The third-order valence-corrected chi connectivity index (χ3v) is 6.89.